The summed E-state index contributed by atoms with van der Waals surface area (Å²) in [5.74, 6) is 0.0556. The zero-order valence-electron chi connectivity index (χ0n) is 14.6. The molecule has 148 valence electrons. The van der Waals surface area contributed by atoms with E-state index in [1.807, 2.05) is 0 Å². The standard InChI is InChI=1S/C17H20O10/c1-23-9-5-7-8(19)3-4-25-14(7)16(24-2)15(9)27-17-13(22)12(21)11(20)10(6-18)26-17/h3-5,10-13,17-18,20-22H,6H2,1-2H3. The Balaban J connectivity index is 2.07. The van der Waals surface area contributed by atoms with Crippen molar-refractivity contribution in [3.63, 3.8) is 0 Å². The molecule has 0 aliphatic carbocycles. The first-order valence-electron chi connectivity index (χ1n) is 8.06. The summed E-state index contributed by atoms with van der Waals surface area (Å²) in [6.07, 6.45) is -6.19. The maximum absolute atomic E-state index is 12.1. The Hall–Kier alpha value is -2.37. The van der Waals surface area contributed by atoms with Gasteiger partial charge < -0.3 is 43.8 Å². The van der Waals surface area contributed by atoms with E-state index in [9.17, 15) is 25.2 Å². The average Bonchev–Trinajstić information content (AvgIpc) is 2.68. The van der Waals surface area contributed by atoms with Gasteiger partial charge in [0.2, 0.25) is 17.8 Å². The molecule has 2 aromatic rings. The molecule has 0 spiro atoms. The van der Waals surface area contributed by atoms with Crippen molar-refractivity contribution in [3.05, 3.63) is 28.6 Å². The first-order valence-corrected chi connectivity index (χ1v) is 8.06. The van der Waals surface area contributed by atoms with Gasteiger partial charge in [0.05, 0.1) is 32.5 Å². The number of aliphatic hydroxyl groups excluding tert-OH is 4. The molecular weight excluding hydrogens is 364 g/mol. The molecule has 1 aliphatic heterocycles. The molecule has 1 aromatic heterocycles. The highest BCUT2D eigenvalue weighted by atomic mass is 16.7. The van der Waals surface area contributed by atoms with Crippen molar-refractivity contribution in [1.82, 2.24) is 0 Å². The van der Waals surface area contributed by atoms with E-state index in [2.05, 4.69) is 0 Å². The Morgan fingerprint density at radius 1 is 1.07 bits per heavy atom. The fourth-order valence-corrected chi connectivity index (χ4v) is 2.88. The Morgan fingerprint density at radius 2 is 1.81 bits per heavy atom. The molecule has 1 aromatic carbocycles. The highest BCUT2D eigenvalue weighted by Crippen LogP contribution is 2.44. The van der Waals surface area contributed by atoms with Crippen LogP contribution in [0, 0.1) is 0 Å². The Kier molecular flexibility index (Phi) is 5.53. The van der Waals surface area contributed by atoms with E-state index in [1.54, 1.807) is 0 Å². The molecule has 0 bridgehead atoms. The van der Waals surface area contributed by atoms with E-state index in [0.717, 1.165) is 0 Å². The second kappa shape index (κ2) is 7.71. The van der Waals surface area contributed by atoms with Crippen LogP contribution in [0.25, 0.3) is 11.0 Å². The zero-order chi connectivity index (χ0) is 19.7. The van der Waals surface area contributed by atoms with Gasteiger partial charge in [-0.25, -0.2) is 0 Å². The molecule has 1 saturated heterocycles. The van der Waals surface area contributed by atoms with Crippen LogP contribution >= 0.6 is 0 Å². The number of benzene rings is 1. The largest absolute Gasteiger partial charge is 0.493 e. The Morgan fingerprint density at radius 3 is 2.44 bits per heavy atom. The lowest BCUT2D eigenvalue weighted by Crippen LogP contribution is -2.60. The molecule has 10 nitrogen and oxygen atoms in total. The first kappa shape index (κ1) is 19.4. The number of hydrogen-bond acceptors (Lipinski definition) is 10. The van der Waals surface area contributed by atoms with Gasteiger partial charge in [-0.2, -0.15) is 0 Å². The molecule has 0 saturated carbocycles. The van der Waals surface area contributed by atoms with Crippen LogP contribution in [-0.2, 0) is 4.74 Å². The minimum Gasteiger partial charge on any atom is -0.493 e. The summed E-state index contributed by atoms with van der Waals surface area (Å²) >= 11 is 0. The van der Waals surface area contributed by atoms with E-state index in [-0.39, 0.29) is 33.6 Å². The number of methoxy groups -OCH3 is 2. The third kappa shape index (κ3) is 3.33. The fraction of sp³-hybridized carbons (Fsp3) is 0.471. The number of fused-ring (bicyclic) bond motifs is 1. The van der Waals surface area contributed by atoms with Gasteiger partial charge in [-0.3, -0.25) is 4.79 Å². The molecule has 27 heavy (non-hydrogen) atoms. The predicted octanol–water partition coefficient (Wildman–Crippen LogP) is -1.01. The van der Waals surface area contributed by atoms with Crippen LogP contribution < -0.4 is 19.6 Å². The molecule has 2 heterocycles. The smallest absolute Gasteiger partial charge is 0.229 e. The minimum absolute atomic E-state index is 0.0130. The monoisotopic (exact) mass is 384 g/mol. The molecule has 0 radical (unpaired) electrons. The van der Waals surface area contributed by atoms with Crippen LogP contribution in [0.2, 0.25) is 0 Å². The molecule has 5 atom stereocenters. The van der Waals surface area contributed by atoms with Crippen LogP contribution in [0.1, 0.15) is 0 Å². The average molecular weight is 384 g/mol. The van der Waals surface area contributed by atoms with Gasteiger partial charge in [0.25, 0.3) is 0 Å². The van der Waals surface area contributed by atoms with Crippen LogP contribution in [0.15, 0.2) is 27.6 Å². The van der Waals surface area contributed by atoms with Crippen molar-refractivity contribution in [1.29, 1.82) is 0 Å². The van der Waals surface area contributed by atoms with Gasteiger partial charge in [0, 0.05) is 6.07 Å². The fourth-order valence-electron chi connectivity index (χ4n) is 2.88. The van der Waals surface area contributed by atoms with Crippen LogP contribution in [-0.4, -0.2) is 72.0 Å². The Bertz CT molecular complexity index is 861. The number of rotatable bonds is 5. The third-order valence-electron chi connectivity index (χ3n) is 4.33. The molecule has 3 rings (SSSR count). The third-order valence-corrected chi connectivity index (χ3v) is 4.33. The van der Waals surface area contributed by atoms with Crippen molar-refractivity contribution in [2.45, 2.75) is 30.7 Å². The summed E-state index contributed by atoms with van der Waals surface area (Å²) in [7, 11) is 2.66. The second-order valence-corrected chi connectivity index (χ2v) is 5.92. The lowest BCUT2D eigenvalue weighted by atomic mass is 9.99. The maximum atomic E-state index is 12.1. The van der Waals surface area contributed by atoms with Crippen LogP contribution in [0.4, 0.5) is 0 Å². The molecular formula is C17H20O10. The SMILES string of the molecule is COc1cc2c(=O)ccoc2c(OC)c1OC1OC(CO)C(O)C(O)C1O. The van der Waals surface area contributed by atoms with E-state index < -0.39 is 37.3 Å². The number of hydrogen-bond donors (Lipinski definition) is 4. The summed E-state index contributed by atoms with van der Waals surface area (Å²) in [6, 6.07) is 2.61. The van der Waals surface area contributed by atoms with Gasteiger partial charge in [0.15, 0.2) is 16.8 Å². The maximum Gasteiger partial charge on any atom is 0.229 e. The normalized spacial score (nSPS) is 28.1. The topological polar surface area (TPSA) is 148 Å². The molecule has 1 aliphatic rings. The summed E-state index contributed by atoms with van der Waals surface area (Å²) in [4.78, 5) is 12.1. The molecule has 1 fully saturated rings. The quantitative estimate of drug-likeness (QED) is 0.505. The highest BCUT2D eigenvalue weighted by molar-refractivity contribution is 5.88. The number of ether oxygens (including phenoxy) is 4. The lowest BCUT2D eigenvalue weighted by molar-refractivity contribution is -0.277. The van der Waals surface area contributed by atoms with Gasteiger partial charge in [-0.05, 0) is 6.07 Å². The lowest BCUT2D eigenvalue weighted by Gasteiger charge is -2.39. The highest BCUT2D eigenvalue weighted by Gasteiger charge is 2.45. The van der Waals surface area contributed by atoms with Crippen molar-refractivity contribution >= 4 is 11.0 Å². The van der Waals surface area contributed by atoms with Crippen LogP contribution in [0.3, 0.4) is 0 Å². The minimum atomic E-state index is -1.63. The van der Waals surface area contributed by atoms with Crippen molar-refractivity contribution in [2.75, 3.05) is 20.8 Å². The predicted molar refractivity (Wildman–Crippen MR) is 90.0 cm³/mol. The summed E-state index contributed by atoms with van der Waals surface area (Å²) < 4.78 is 26.9. The molecule has 10 heteroatoms. The van der Waals surface area contributed by atoms with Crippen LogP contribution in [0.5, 0.6) is 17.2 Å². The summed E-state index contributed by atoms with van der Waals surface area (Å²) in [6.45, 7) is -0.605. The molecule has 4 N–H and O–H groups in total. The first-order chi connectivity index (χ1) is 12.9. The second-order valence-electron chi connectivity index (χ2n) is 5.92. The van der Waals surface area contributed by atoms with Gasteiger partial charge in [-0.15, -0.1) is 0 Å². The van der Waals surface area contributed by atoms with Gasteiger partial charge in [-0.1, -0.05) is 0 Å². The van der Waals surface area contributed by atoms with Gasteiger partial charge in [0.1, 0.15) is 24.4 Å². The van der Waals surface area contributed by atoms with E-state index >= 15 is 0 Å². The number of aliphatic hydroxyl groups is 4. The van der Waals surface area contributed by atoms with E-state index in [0.29, 0.717) is 0 Å². The van der Waals surface area contributed by atoms with Crippen molar-refractivity contribution in [3.8, 4) is 17.2 Å². The van der Waals surface area contributed by atoms with E-state index in [4.69, 9.17) is 23.4 Å². The van der Waals surface area contributed by atoms with Crippen molar-refractivity contribution in [2.24, 2.45) is 0 Å². The van der Waals surface area contributed by atoms with Crippen molar-refractivity contribution < 1.29 is 43.8 Å². The summed E-state index contributed by atoms with van der Waals surface area (Å²) in [5, 5.41) is 39.4. The molecule has 0 amide bonds. The molecule has 5 unspecified atom stereocenters. The van der Waals surface area contributed by atoms with Gasteiger partial charge >= 0.3 is 0 Å². The Labute approximate surface area is 153 Å². The zero-order valence-corrected chi connectivity index (χ0v) is 14.6. The van der Waals surface area contributed by atoms with E-state index in [1.165, 1.54) is 32.6 Å². The summed E-state index contributed by atoms with van der Waals surface area (Å²) in [5.41, 5.74) is -0.238.